The largest absolute Gasteiger partial charge is 0.352 e. The molecule has 0 bridgehead atoms. The van der Waals surface area contributed by atoms with Gasteiger partial charge in [0.05, 0.1) is 21.7 Å². The lowest BCUT2D eigenvalue weighted by Crippen LogP contribution is -2.32. The van der Waals surface area contributed by atoms with Gasteiger partial charge in [-0.1, -0.05) is 59.1 Å². The molecule has 4 nitrogen and oxygen atoms in total. The van der Waals surface area contributed by atoms with Crippen molar-refractivity contribution in [1.29, 1.82) is 0 Å². The van der Waals surface area contributed by atoms with Gasteiger partial charge in [-0.2, -0.15) is 0 Å². The van der Waals surface area contributed by atoms with Gasteiger partial charge in [0.15, 0.2) is 0 Å². The van der Waals surface area contributed by atoms with E-state index in [1.165, 1.54) is 10.5 Å². The normalized spacial score (nSPS) is 17.0. The monoisotopic (exact) mass is 376 g/mol. The van der Waals surface area contributed by atoms with Crippen molar-refractivity contribution in [2.75, 3.05) is 11.4 Å². The second-order valence-corrected chi connectivity index (χ2v) is 6.97. The fourth-order valence-corrected chi connectivity index (χ4v) is 3.25. The zero-order chi connectivity index (χ0) is 18.0. The molecule has 6 heteroatoms. The minimum absolute atomic E-state index is 0.125. The van der Waals surface area contributed by atoms with E-state index in [0.717, 1.165) is 5.56 Å². The lowest BCUT2D eigenvalue weighted by atomic mass is 10.1. The topological polar surface area (TPSA) is 49.4 Å². The molecule has 1 aliphatic heterocycles. The van der Waals surface area contributed by atoms with Gasteiger partial charge in [-0.05, 0) is 24.6 Å². The van der Waals surface area contributed by atoms with Crippen molar-refractivity contribution in [1.82, 2.24) is 5.32 Å². The van der Waals surface area contributed by atoms with Crippen LogP contribution in [0.5, 0.6) is 0 Å². The number of nitrogens with one attached hydrogen (secondary N) is 1. The Morgan fingerprint density at radius 2 is 1.92 bits per heavy atom. The minimum Gasteiger partial charge on any atom is -0.352 e. The highest BCUT2D eigenvalue weighted by Crippen LogP contribution is 2.35. The molecule has 25 heavy (non-hydrogen) atoms. The van der Waals surface area contributed by atoms with Crippen molar-refractivity contribution in [3.8, 4) is 0 Å². The molecule has 1 fully saturated rings. The standard InChI is InChI=1S/C19H18Cl2N2O2/c1-12-5-7-13(8-6-12)10-22-19(25)14-9-17(24)23(11-14)16-4-2-3-15(20)18(16)21/h2-8,14H,9-11H2,1H3,(H,22,25)/t14-/m1/s1. The van der Waals surface area contributed by atoms with Crippen LogP contribution in [0.3, 0.4) is 0 Å². The average molecular weight is 377 g/mol. The van der Waals surface area contributed by atoms with Gasteiger partial charge in [0, 0.05) is 19.5 Å². The molecule has 0 aromatic heterocycles. The molecule has 1 N–H and O–H groups in total. The number of anilines is 1. The Morgan fingerprint density at radius 3 is 2.64 bits per heavy atom. The molecule has 2 amide bonds. The lowest BCUT2D eigenvalue weighted by molar-refractivity contribution is -0.126. The van der Waals surface area contributed by atoms with Crippen molar-refractivity contribution in [2.24, 2.45) is 5.92 Å². The number of carbonyl (C=O) groups is 2. The van der Waals surface area contributed by atoms with Crippen LogP contribution in [0.2, 0.25) is 10.0 Å². The maximum atomic E-state index is 12.4. The summed E-state index contributed by atoms with van der Waals surface area (Å²) >= 11 is 12.2. The summed E-state index contributed by atoms with van der Waals surface area (Å²) in [4.78, 5) is 26.3. The highest BCUT2D eigenvalue weighted by Gasteiger charge is 2.36. The van der Waals surface area contributed by atoms with Crippen molar-refractivity contribution in [2.45, 2.75) is 19.9 Å². The number of aryl methyl sites for hydroxylation is 1. The highest BCUT2D eigenvalue weighted by molar-refractivity contribution is 6.44. The number of hydrogen-bond acceptors (Lipinski definition) is 2. The lowest BCUT2D eigenvalue weighted by Gasteiger charge is -2.18. The zero-order valence-corrected chi connectivity index (χ0v) is 15.3. The Bertz CT molecular complexity index is 806. The highest BCUT2D eigenvalue weighted by atomic mass is 35.5. The molecule has 1 aliphatic rings. The van der Waals surface area contributed by atoms with E-state index in [1.54, 1.807) is 18.2 Å². The average Bonchev–Trinajstić information content (AvgIpc) is 2.98. The van der Waals surface area contributed by atoms with Gasteiger partial charge in [-0.15, -0.1) is 0 Å². The van der Waals surface area contributed by atoms with E-state index in [9.17, 15) is 9.59 Å². The van der Waals surface area contributed by atoms with Gasteiger partial charge >= 0.3 is 0 Å². The summed E-state index contributed by atoms with van der Waals surface area (Å²) in [7, 11) is 0. The van der Waals surface area contributed by atoms with E-state index >= 15 is 0 Å². The van der Waals surface area contributed by atoms with Crippen molar-refractivity contribution in [3.63, 3.8) is 0 Å². The van der Waals surface area contributed by atoms with Gasteiger partial charge in [-0.3, -0.25) is 9.59 Å². The zero-order valence-electron chi connectivity index (χ0n) is 13.8. The summed E-state index contributed by atoms with van der Waals surface area (Å²) in [6.07, 6.45) is 0.169. The Kier molecular flexibility index (Phi) is 5.30. The molecule has 0 aliphatic carbocycles. The molecule has 0 spiro atoms. The number of halogens is 2. The molecule has 1 atom stereocenters. The molecular weight excluding hydrogens is 359 g/mol. The first-order valence-electron chi connectivity index (χ1n) is 8.03. The summed E-state index contributed by atoms with van der Waals surface area (Å²) in [5.74, 6) is -0.651. The van der Waals surface area contributed by atoms with E-state index in [1.807, 2.05) is 31.2 Å². The van der Waals surface area contributed by atoms with Gasteiger partial charge in [0.1, 0.15) is 0 Å². The maximum Gasteiger partial charge on any atom is 0.227 e. The number of nitrogens with zero attached hydrogens (tertiary/aromatic N) is 1. The summed E-state index contributed by atoms with van der Waals surface area (Å²) in [6.45, 7) is 2.77. The van der Waals surface area contributed by atoms with Crippen LogP contribution in [0.1, 0.15) is 17.5 Å². The quantitative estimate of drug-likeness (QED) is 0.877. The van der Waals surface area contributed by atoms with Crippen molar-refractivity contribution >= 4 is 40.7 Å². The predicted molar refractivity (Wildman–Crippen MR) is 99.9 cm³/mol. The van der Waals surface area contributed by atoms with Gasteiger partial charge in [0.2, 0.25) is 11.8 Å². The van der Waals surface area contributed by atoms with Crippen LogP contribution in [0.4, 0.5) is 5.69 Å². The second kappa shape index (κ2) is 7.46. The van der Waals surface area contributed by atoms with Crippen LogP contribution < -0.4 is 10.2 Å². The van der Waals surface area contributed by atoms with Crippen LogP contribution in [0.15, 0.2) is 42.5 Å². The summed E-state index contributed by atoms with van der Waals surface area (Å²) in [6, 6.07) is 13.1. The molecule has 1 saturated heterocycles. The van der Waals surface area contributed by atoms with Crippen molar-refractivity contribution in [3.05, 3.63) is 63.6 Å². The molecular formula is C19H18Cl2N2O2. The molecule has 0 unspecified atom stereocenters. The first kappa shape index (κ1) is 17.8. The third kappa shape index (κ3) is 3.97. The molecule has 2 aromatic carbocycles. The van der Waals surface area contributed by atoms with E-state index in [2.05, 4.69) is 5.32 Å². The fraction of sp³-hybridized carbons (Fsp3) is 0.263. The number of hydrogen-bond donors (Lipinski definition) is 1. The Hall–Kier alpha value is -2.04. The van der Waals surface area contributed by atoms with Crippen LogP contribution >= 0.6 is 23.2 Å². The molecule has 1 heterocycles. The van der Waals surface area contributed by atoms with Crippen LogP contribution in [-0.4, -0.2) is 18.4 Å². The number of benzene rings is 2. The number of amides is 2. The molecule has 130 valence electrons. The number of rotatable bonds is 4. The summed E-state index contributed by atoms with van der Waals surface area (Å²) in [5.41, 5.74) is 2.75. The van der Waals surface area contributed by atoms with E-state index in [0.29, 0.717) is 28.8 Å². The molecule has 0 radical (unpaired) electrons. The molecule has 3 rings (SSSR count). The van der Waals surface area contributed by atoms with E-state index in [-0.39, 0.29) is 18.2 Å². The first-order chi connectivity index (χ1) is 12.0. The second-order valence-electron chi connectivity index (χ2n) is 6.18. The number of carbonyl (C=O) groups excluding carboxylic acids is 2. The Balaban J connectivity index is 1.64. The van der Waals surface area contributed by atoms with Crippen LogP contribution in [-0.2, 0) is 16.1 Å². The van der Waals surface area contributed by atoms with Gasteiger partial charge in [-0.25, -0.2) is 0 Å². The summed E-state index contributed by atoms with van der Waals surface area (Å²) in [5, 5.41) is 3.62. The smallest absolute Gasteiger partial charge is 0.227 e. The first-order valence-corrected chi connectivity index (χ1v) is 8.79. The van der Waals surface area contributed by atoms with Gasteiger partial charge in [0.25, 0.3) is 0 Å². The third-order valence-electron chi connectivity index (χ3n) is 4.31. The van der Waals surface area contributed by atoms with Gasteiger partial charge < -0.3 is 10.2 Å². The molecule has 0 saturated carbocycles. The van der Waals surface area contributed by atoms with Crippen LogP contribution in [0, 0.1) is 12.8 Å². The Labute approximate surface area is 156 Å². The minimum atomic E-state index is -0.395. The third-order valence-corrected chi connectivity index (χ3v) is 5.11. The predicted octanol–water partition coefficient (Wildman–Crippen LogP) is 3.97. The fourth-order valence-electron chi connectivity index (χ4n) is 2.86. The summed E-state index contributed by atoms with van der Waals surface area (Å²) < 4.78 is 0. The van der Waals surface area contributed by atoms with Crippen molar-refractivity contribution < 1.29 is 9.59 Å². The maximum absolute atomic E-state index is 12.4. The van der Waals surface area contributed by atoms with E-state index < -0.39 is 5.92 Å². The van der Waals surface area contributed by atoms with E-state index in [4.69, 9.17) is 23.2 Å². The molecule has 2 aromatic rings. The van der Waals surface area contributed by atoms with Crippen LogP contribution in [0.25, 0.3) is 0 Å². The Morgan fingerprint density at radius 1 is 1.20 bits per heavy atom. The SMILES string of the molecule is Cc1ccc(CNC(=O)[C@@H]2CC(=O)N(c3cccc(Cl)c3Cl)C2)cc1.